The molecule has 0 aromatic rings. The first kappa shape index (κ1) is 13.8. The average Bonchev–Trinajstić information content (AvgIpc) is 2.78. The van der Waals surface area contributed by atoms with Crippen LogP contribution in [0.5, 0.6) is 0 Å². The van der Waals surface area contributed by atoms with Crippen LogP contribution in [0.1, 0.15) is 40.0 Å². The van der Waals surface area contributed by atoms with E-state index < -0.39 is 0 Å². The molecule has 2 aliphatic carbocycles. The van der Waals surface area contributed by atoms with Crippen LogP contribution in [-0.4, -0.2) is 36.0 Å². The number of carbonyl (C=O) groups is 1. The van der Waals surface area contributed by atoms with Gasteiger partial charge in [-0.25, -0.2) is 0 Å². The van der Waals surface area contributed by atoms with Crippen LogP contribution < -0.4 is 0 Å². The smallest absolute Gasteiger partial charge is 0.311 e. The van der Waals surface area contributed by atoms with Gasteiger partial charge in [0.2, 0.25) is 0 Å². The zero-order valence-electron chi connectivity index (χ0n) is 11.7. The number of fused-ring (bicyclic) bond motifs is 1. The second-order valence-electron chi connectivity index (χ2n) is 6.54. The monoisotopic (exact) mass is 256 g/mol. The summed E-state index contributed by atoms with van der Waals surface area (Å²) in [7, 11) is 1.42. The van der Waals surface area contributed by atoms with Gasteiger partial charge in [0.1, 0.15) is 0 Å². The van der Waals surface area contributed by atoms with Gasteiger partial charge >= 0.3 is 5.97 Å². The van der Waals surface area contributed by atoms with Crippen molar-refractivity contribution in [2.75, 3.05) is 7.11 Å². The summed E-state index contributed by atoms with van der Waals surface area (Å²) in [6.45, 7) is 5.95. The summed E-state index contributed by atoms with van der Waals surface area (Å²) >= 11 is 0. The van der Waals surface area contributed by atoms with E-state index in [-0.39, 0.29) is 35.6 Å². The molecule has 2 rings (SSSR count). The van der Waals surface area contributed by atoms with Crippen LogP contribution in [0.4, 0.5) is 0 Å². The van der Waals surface area contributed by atoms with Gasteiger partial charge in [-0.15, -0.1) is 0 Å². The van der Waals surface area contributed by atoms with Crippen molar-refractivity contribution in [2.45, 2.75) is 57.8 Å². The lowest BCUT2D eigenvalue weighted by molar-refractivity contribution is -0.159. The molecule has 0 aromatic carbocycles. The van der Waals surface area contributed by atoms with E-state index in [0.29, 0.717) is 5.92 Å². The van der Waals surface area contributed by atoms with Crippen LogP contribution in [-0.2, 0) is 14.3 Å². The average molecular weight is 256 g/mol. The Bertz CT molecular complexity index is 320. The Morgan fingerprint density at radius 2 is 1.94 bits per heavy atom. The molecule has 0 amide bonds. The van der Waals surface area contributed by atoms with Crippen molar-refractivity contribution >= 4 is 5.97 Å². The molecule has 1 N–H and O–H groups in total. The fourth-order valence-corrected chi connectivity index (χ4v) is 3.53. The number of ether oxygens (including phenoxy) is 2. The highest BCUT2D eigenvalue weighted by Gasteiger charge is 2.54. The minimum atomic E-state index is -0.336. The highest BCUT2D eigenvalue weighted by atomic mass is 16.5. The molecule has 0 aromatic heterocycles. The summed E-state index contributed by atoms with van der Waals surface area (Å²) in [4.78, 5) is 11.9. The van der Waals surface area contributed by atoms with Crippen LogP contribution in [0.3, 0.4) is 0 Å². The number of rotatable bonds is 2. The van der Waals surface area contributed by atoms with E-state index >= 15 is 0 Å². The topological polar surface area (TPSA) is 55.8 Å². The van der Waals surface area contributed by atoms with E-state index in [9.17, 15) is 9.90 Å². The molecule has 2 aliphatic rings. The van der Waals surface area contributed by atoms with Crippen LogP contribution in [0.2, 0.25) is 0 Å². The van der Waals surface area contributed by atoms with Crippen molar-refractivity contribution in [3.63, 3.8) is 0 Å². The number of aliphatic hydroxyl groups excluding tert-OH is 1. The van der Waals surface area contributed by atoms with E-state index in [0.717, 1.165) is 19.3 Å². The number of carbonyl (C=O) groups excluding carboxylic acids is 1. The van der Waals surface area contributed by atoms with Crippen LogP contribution >= 0.6 is 0 Å². The quantitative estimate of drug-likeness (QED) is 0.765. The number of aliphatic hydroxyl groups is 1. The number of hydrogen-bond donors (Lipinski definition) is 1. The van der Waals surface area contributed by atoms with E-state index in [4.69, 9.17) is 9.47 Å². The molecule has 18 heavy (non-hydrogen) atoms. The lowest BCUT2D eigenvalue weighted by Gasteiger charge is -2.32. The molecule has 0 saturated heterocycles. The number of esters is 1. The highest BCUT2D eigenvalue weighted by molar-refractivity contribution is 5.73. The second-order valence-corrected chi connectivity index (χ2v) is 6.54. The van der Waals surface area contributed by atoms with Crippen LogP contribution in [0, 0.1) is 17.8 Å². The molecule has 4 heteroatoms. The maximum atomic E-state index is 11.9. The summed E-state index contributed by atoms with van der Waals surface area (Å²) in [6.07, 6.45) is 2.06. The van der Waals surface area contributed by atoms with Gasteiger partial charge in [0.15, 0.2) is 0 Å². The van der Waals surface area contributed by atoms with Gasteiger partial charge in [0, 0.05) is 5.92 Å². The van der Waals surface area contributed by atoms with E-state index in [2.05, 4.69) is 0 Å². The van der Waals surface area contributed by atoms with Gasteiger partial charge < -0.3 is 14.6 Å². The van der Waals surface area contributed by atoms with E-state index in [1.165, 1.54) is 7.11 Å². The summed E-state index contributed by atoms with van der Waals surface area (Å²) in [6, 6.07) is 0. The van der Waals surface area contributed by atoms with Crippen molar-refractivity contribution < 1.29 is 19.4 Å². The Labute approximate surface area is 109 Å². The zero-order valence-corrected chi connectivity index (χ0v) is 11.7. The van der Waals surface area contributed by atoms with Crippen molar-refractivity contribution in [2.24, 2.45) is 17.8 Å². The summed E-state index contributed by atoms with van der Waals surface area (Å²) < 4.78 is 10.9. The Kier molecular flexibility index (Phi) is 3.70. The van der Waals surface area contributed by atoms with Crippen LogP contribution in [0.25, 0.3) is 0 Å². The van der Waals surface area contributed by atoms with Gasteiger partial charge in [0.05, 0.1) is 30.8 Å². The maximum absolute atomic E-state index is 11.9. The first-order valence-corrected chi connectivity index (χ1v) is 6.77. The predicted octanol–water partition coefficient (Wildman–Crippen LogP) is 1.75. The fraction of sp³-hybridized carbons (Fsp3) is 0.929. The molecule has 0 aliphatic heterocycles. The third-order valence-corrected chi connectivity index (χ3v) is 4.15. The van der Waals surface area contributed by atoms with Gasteiger partial charge in [-0.2, -0.15) is 0 Å². The SMILES string of the molecule is COC(=O)[C@@H]1C[C@@H]2CC[C@H](O)[C@@H]2[C@H]1OC(C)(C)C. The molecule has 104 valence electrons. The molecule has 0 bridgehead atoms. The zero-order chi connectivity index (χ0) is 13.5. The Morgan fingerprint density at radius 1 is 1.28 bits per heavy atom. The Balaban J connectivity index is 2.19. The van der Waals surface area contributed by atoms with Gasteiger partial charge in [-0.1, -0.05) is 0 Å². The van der Waals surface area contributed by atoms with E-state index in [1.54, 1.807) is 0 Å². The lowest BCUT2D eigenvalue weighted by Crippen LogP contribution is -2.40. The first-order valence-electron chi connectivity index (χ1n) is 6.77. The Morgan fingerprint density at radius 3 is 2.50 bits per heavy atom. The molecule has 0 heterocycles. The fourth-order valence-electron chi connectivity index (χ4n) is 3.53. The predicted molar refractivity (Wildman–Crippen MR) is 67.0 cm³/mol. The third-order valence-electron chi connectivity index (χ3n) is 4.15. The van der Waals surface area contributed by atoms with Crippen molar-refractivity contribution in [3.8, 4) is 0 Å². The third kappa shape index (κ3) is 2.54. The summed E-state index contributed by atoms with van der Waals surface area (Å²) in [5, 5.41) is 10.1. The second kappa shape index (κ2) is 4.82. The van der Waals surface area contributed by atoms with Gasteiger partial charge in [0.25, 0.3) is 0 Å². The van der Waals surface area contributed by atoms with Crippen molar-refractivity contribution in [3.05, 3.63) is 0 Å². The number of methoxy groups -OCH3 is 1. The molecule has 5 atom stereocenters. The van der Waals surface area contributed by atoms with Gasteiger partial charge in [-0.05, 0) is 46.0 Å². The molecule has 0 spiro atoms. The molecule has 0 radical (unpaired) electrons. The van der Waals surface area contributed by atoms with Gasteiger partial charge in [-0.3, -0.25) is 4.79 Å². The molecule has 2 saturated carbocycles. The van der Waals surface area contributed by atoms with Crippen molar-refractivity contribution in [1.82, 2.24) is 0 Å². The maximum Gasteiger partial charge on any atom is 0.311 e. The highest BCUT2D eigenvalue weighted by Crippen LogP contribution is 2.49. The molecular weight excluding hydrogens is 232 g/mol. The van der Waals surface area contributed by atoms with E-state index in [1.807, 2.05) is 20.8 Å². The minimum Gasteiger partial charge on any atom is -0.469 e. The van der Waals surface area contributed by atoms with Crippen LogP contribution in [0.15, 0.2) is 0 Å². The standard InChI is InChI=1S/C14H24O4/c1-14(2,3)18-12-9(13(16)17-4)7-8-5-6-10(15)11(8)12/h8-12,15H,5-7H2,1-4H3/t8-,9+,10-,11+,12-/m0/s1. The first-order chi connectivity index (χ1) is 8.33. The molecule has 0 unspecified atom stereocenters. The largest absolute Gasteiger partial charge is 0.469 e. The number of hydrogen-bond acceptors (Lipinski definition) is 4. The molecule has 4 nitrogen and oxygen atoms in total. The summed E-state index contributed by atoms with van der Waals surface area (Å²) in [5.41, 5.74) is -0.311. The summed E-state index contributed by atoms with van der Waals surface area (Å²) in [5.74, 6) is 0.0646. The lowest BCUT2D eigenvalue weighted by atomic mass is 9.95. The molecular formula is C14H24O4. The normalized spacial score (nSPS) is 39.7. The molecule has 2 fully saturated rings. The minimum absolute atomic E-state index is 0.0910. The Hall–Kier alpha value is -0.610. The van der Waals surface area contributed by atoms with Crippen molar-refractivity contribution in [1.29, 1.82) is 0 Å².